The van der Waals surface area contributed by atoms with Crippen molar-refractivity contribution in [2.75, 3.05) is 0 Å². The highest BCUT2D eigenvalue weighted by molar-refractivity contribution is 7.33. The van der Waals surface area contributed by atoms with Crippen molar-refractivity contribution in [2.45, 2.75) is 0 Å². The van der Waals surface area contributed by atoms with E-state index in [9.17, 15) is 0 Å². The van der Waals surface area contributed by atoms with Crippen molar-refractivity contribution in [1.29, 1.82) is 0 Å². The van der Waals surface area contributed by atoms with Gasteiger partial charge in [0.05, 0.1) is 9.40 Å². The van der Waals surface area contributed by atoms with E-state index in [-0.39, 0.29) is 0 Å². The molecule has 0 atom stereocenters. The van der Waals surface area contributed by atoms with Gasteiger partial charge in [-0.3, -0.25) is 0 Å². The highest BCUT2D eigenvalue weighted by Crippen LogP contribution is 2.46. The fourth-order valence-electron chi connectivity index (χ4n) is 6.17. The Balaban J connectivity index is 1.24. The van der Waals surface area contributed by atoms with Crippen LogP contribution in [0.15, 0.2) is 133 Å². The van der Waals surface area contributed by atoms with Gasteiger partial charge in [-0.2, -0.15) is 0 Å². The number of fused-ring (bicyclic) bond motifs is 9. The van der Waals surface area contributed by atoms with Gasteiger partial charge >= 0.3 is 0 Å². The van der Waals surface area contributed by atoms with Crippen LogP contribution in [0, 0.1) is 0 Å². The molecule has 2 aromatic heterocycles. The Labute approximate surface area is 239 Å². The summed E-state index contributed by atoms with van der Waals surface area (Å²) in [6.07, 6.45) is 0. The second-order valence-corrected chi connectivity index (χ2v) is 12.7. The summed E-state index contributed by atoms with van der Waals surface area (Å²) in [5, 5.41) is 10.6. The third-order valence-electron chi connectivity index (χ3n) is 8.21. The Hall–Kier alpha value is -4.50. The van der Waals surface area contributed by atoms with E-state index >= 15 is 0 Å². The van der Waals surface area contributed by atoms with Crippen molar-refractivity contribution >= 4 is 84.6 Å². The number of hydrogen-bond acceptors (Lipinski definition) is 2. The van der Waals surface area contributed by atoms with Crippen molar-refractivity contribution in [2.24, 2.45) is 0 Å². The summed E-state index contributed by atoms with van der Waals surface area (Å²) < 4.78 is 5.52. The van der Waals surface area contributed by atoms with Gasteiger partial charge in [0.1, 0.15) is 0 Å². The maximum atomic E-state index is 2.39. The van der Waals surface area contributed by atoms with Gasteiger partial charge < -0.3 is 0 Å². The van der Waals surface area contributed by atoms with E-state index in [0.717, 1.165) is 0 Å². The smallest absolute Gasteiger partial charge is 0.0534 e. The molecule has 0 radical (unpaired) electrons. The monoisotopic (exact) mass is 542 g/mol. The van der Waals surface area contributed by atoms with Crippen LogP contribution >= 0.6 is 22.7 Å². The lowest BCUT2D eigenvalue weighted by Gasteiger charge is -2.05. The van der Waals surface area contributed by atoms with Crippen LogP contribution in [0.1, 0.15) is 0 Å². The zero-order valence-corrected chi connectivity index (χ0v) is 23.2. The van der Waals surface area contributed by atoms with Gasteiger partial charge in [0.25, 0.3) is 0 Å². The van der Waals surface area contributed by atoms with E-state index in [4.69, 9.17) is 0 Å². The van der Waals surface area contributed by atoms with Crippen LogP contribution in [-0.2, 0) is 0 Å². The number of thiophene rings is 2. The van der Waals surface area contributed by atoms with Crippen LogP contribution in [-0.4, -0.2) is 0 Å². The fourth-order valence-corrected chi connectivity index (χ4v) is 8.77. The molecular formula is C38H22S2. The van der Waals surface area contributed by atoms with Crippen molar-refractivity contribution in [3.8, 4) is 22.3 Å². The standard InChI is InChI=1S/C38H22S2/c1-3-7-23(8-4-1)25-11-13-27-19-33-31-15-16-32-34-20-28-14-12-26(24-9-5-2-6-10-24)18-30(28)22-36(34)40-38(32)37(31)39-35(33)21-29(27)17-25/h1-22H. The summed E-state index contributed by atoms with van der Waals surface area (Å²) in [6, 6.07) is 49.2. The van der Waals surface area contributed by atoms with Crippen molar-refractivity contribution < 1.29 is 0 Å². The molecule has 0 spiro atoms. The van der Waals surface area contributed by atoms with Gasteiger partial charge in [-0.15, -0.1) is 22.7 Å². The third-order valence-corrected chi connectivity index (χ3v) is 10.7. The molecule has 0 fully saturated rings. The largest absolute Gasteiger partial charge is 0.134 e. The lowest BCUT2D eigenvalue weighted by atomic mass is 9.99. The molecule has 0 nitrogen and oxygen atoms in total. The molecule has 0 bridgehead atoms. The van der Waals surface area contributed by atoms with Crippen LogP contribution in [0.4, 0.5) is 0 Å². The van der Waals surface area contributed by atoms with Crippen LogP contribution < -0.4 is 0 Å². The molecule has 0 saturated carbocycles. The average molecular weight is 543 g/mol. The van der Waals surface area contributed by atoms with Gasteiger partial charge in [-0.1, -0.05) is 97.1 Å². The Kier molecular flexibility index (Phi) is 4.74. The molecule has 9 aromatic rings. The Bertz CT molecular complexity index is 2240. The topological polar surface area (TPSA) is 0 Å². The number of hydrogen-bond donors (Lipinski definition) is 0. The summed E-state index contributed by atoms with van der Waals surface area (Å²) in [5.41, 5.74) is 5.05. The quantitative estimate of drug-likeness (QED) is 0.204. The van der Waals surface area contributed by atoms with Crippen LogP contribution in [0.5, 0.6) is 0 Å². The first-order valence-corrected chi connectivity index (χ1v) is 15.2. The van der Waals surface area contributed by atoms with Crippen LogP contribution in [0.25, 0.3) is 84.1 Å². The van der Waals surface area contributed by atoms with Gasteiger partial charge in [0.2, 0.25) is 0 Å². The van der Waals surface area contributed by atoms with E-state index in [1.807, 2.05) is 22.7 Å². The Morgan fingerprint density at radius 1 is 0.300 bits per heavy atom. The van der Waals surface area contributed by atoms with Crippen LogP contribution in [0.2, 0.25) is 0 Å². The first kappa shape index (κ1) is 22.3. The summed E-state index contributed by atoms with van der Waals surface area (Å²) in [7, 11) is 0. The Morgan fingerprint density at radius 3 is 1.20 bits per heavy atom. The zero-order chi connectivity index (χ0) is 26.2. The highest BCUT2D eigenvalue weighted by Gasteiger charge is 2.15. The van der Waals surface area contributed by atoms with Crippen molar-refractivity contribution in [3.05, 3.63) is 133 Å². The maximum Gasteiger partial charge on any atom is 0.0534 e. The normalized spacial score (nSPS) is 12.0. The maximum absolute atomic E-state index is 2.39. The SMILES string of the molecule is c1ccc(-c2ccc3cc4c(cc3c2)sc2c4ccc3c4cc5ccc(-c6ccccc6)cc5cc4sc32)cc1. The molecule has 0 amide bonds. The summed E-state index contributed by atoms with van der Waals surface area (Å²) in [5.74, 6) is 0. The minimum absolute atomic E-state index is 1.26. The van der Waals surface area contributed by atoms with Crippen LogP contribution in [0.3, 0.4) is 0 Å². The van der Waals surface area contributed by atoms with E-state index in [1.165, 1.54) is 84.1 Å². The van der Waals surface area contributed by atoms with Crippen molar-refractivity contribution in [3.63, 3.8) is 0 Å². The second-order valence-electron chi connectivity index (χ2n) is 10.6. The molecule has 186 valence electrons. The summed E-state index contributed by atoms with van der Waals surface area (Å²) >= 11 is 3.87. The van der Waals surface area contributed by atoms with Gasteiger partial charge in [0.15, 0.2) is 0 Å². The molecular weight excluding hydrogens is 521 g/mol. The molecule has 0 N–H and O–H groups in total. The predicted molar refractivity (Wildman–Crippen MR) is 178 cm³/mol. The van der Waals surface area contributed by atoms with Gasteiger partial charge in [-0.25, -0.2) is 0 Å². The van der Waals surface area contributed by atoms with Gasteiger partial charge in [-0.05, 0) is 80.2 Å². The third kappa shape index (κ3) is 3.37. The Morgan fingerprint density at radius 2 is 0.750 bits per heavy atom. The average Bonchev–Trinajstić information content (AvgIpc) is 3.56. The number of rotatable bonds is 2. The summed E-state index contributed by atoms with van der Waals surface area (Å²) in [4.78, 5) is 0. The highest BCUT2D eigenvalue weighted by atomic mass is 32.1. The van der Waals surface area contributed by atoms with E-state index < -0.39 is 0 Å². The lowest BCUT2D eigenvalue weighted by Crippen LogP contribution is -1.79. The molecule has 0 aliphatic heterocycles. The van der Waals surface area contributed by atoms with E-state index in [0.29, 0.717) is 0 Å². The zero-order valence-electron chi connectivity index (χ0n) is 21.5. The molecule has 7 aromatic carbocycles. The fraction of sp³-hybridized carbons (Fsp3) is 0. The predicted octanol–water partition coefficient (Wildman–Crippen LogP) is 12.1. The minimum Gasteiger partial charge on any atom is -0.134 e. The molecule has 9 rings (SSSR count). The molecule has 0 aliphatic carbocycles. The molecule has 0 unspecified atom stereocenters. The second kappa shape index (κ2) is 8.50. The molecule has 0 saturated heterocycles. The van der Waals surface area contributed by atoms with E-state index in [1.54, 1.807) is 0 Å². The van der Waals surface area contributed by atoms with Crippen molar-refractivity contribution in [1.82, 2.24) is 0 Å². The summed E-state index contributed by atoms with van der Waals surface area (Å²) in [6.45, 7) is 0. The number of benzene rings is 7. The molecule has 40 heavy (non-hydrogen) atoms. The lowest BCUT2D eigenvalue weighted by molar-refractivity contribution is 1.65. The first-order chi connectivity index (χ1) is 19.8. The van der Waals surface area contributed by atoms with E-state index in [2.05, 4.69) is 133 Å². The molecule has 2 heteroatoms. The molecule has 0 aliphatic rings. The van der Waals surface area contributed by atoms with Gasteiger partial charge in [0, 0.05) is 30.9 Å². The molecule has 2 heterocycles. The first-order valence-electron chi connectivity index (χ1n) is 13.6. The minimum atomic E-state index is 1.26.